The highest BCUT2D eigenvalue weighted by Crippen LogP contribution is 2.25. The number of benzene rings is 1. The Kier molecular flexibility index (Phi) is 6.97. The lowest BCUT2D eigenvalue weighted by Crippen LogP contribution is -2.42. The molecule has 5 nitrogen and oxygen atoms in total. The molecule has 2 N–H and O–H groups in total. The first-order valence-corrected chi connectivity index (χ1v) is 7.62. The van der Waals surface area contributed by atoms with Crippen molar-refractivity contribution in [1.82, 2.24) is 10.6 Å². The molecule has 0 saturated carbocycles. The standard InChI is InChI=1S/C16H25ClN2O3/c1-11(19-15(20)22-16(2,3)4)9-18-10-12-13(17)7-6-8-14(12)21-5/h6-8,11,18H,9-10H2,1-5H3,(H,19,20). The summed E-state index contributed by atoms with van der Waals surface area (Å²) >= 11 is 6.17. The topological polar surface area (TPSA) is 59.6 Å². The lowest BCUT2D eigenvalue weighted by Gasteiger charge is -2.22. The molecule has 1 aromatic carbocycles. The molecule has 0 fully saturated rings. The highest BCUT2D eigenvalue weighted by atomic mass is 35.5. The van der Waals surface area contributed by atoms with Gasteiger partial charge in [-0.1, -0.05) is 17.7 Å². The molecular formula is C16H25ClN2O3. The number of carbonyl (C=O) groups excluding carboxylic acids is 1. The van der Waals surface area contributed by atoms with Crippen molar-refractivity contribution >= 4 is 17.7 Å². The zero-order valence-corrected chi connectivity index (χ0v) is 14.6. The van der Waals surface area contributed by atoms with E-state index in [1.807, 2.05) is 45.9 Å². The second kappa shape index (κ2) is 8.25. The molecule has 0 spiro atoms. The Hall–Kier alpha value is -1.46. The summed E-state index contributed by atoms with van der Waals surface area (Å²) in [5, 5.41) is 6.68. The molecular weight excluding hydrogens is 304 g/mol. The van der Waals surface area contributed by atoms with Crippen molar-refractivity contribution in [2.24, 2.45) is 0 Å². The second-order valence-corrected chi connectivity index (χ2v) is 6.51. The molecule has 1 atom stereocenters. The van der Waals surface area contributed by atoms with E-state index >= 15 is 0 Å². The average Bonchev–Trinajstić information content (AvgIpc) is 2.38. The van der Waals surface area contributed by atoms with Crippen LogP contribution in [0.5, 0.6) is 5.75 Å². The van der Waals surface area contributed by atoms with E-state index in [2.05, 4.69) is 10.6 Å². The summed E-state index contributed by atoms with van der Waals surface area (Å²) in [6.07, 6.45) is -0.419. The summed E-state index contributed by atoms with van der Waals surface area (Å²) in [4.78, 5) is 11.7. The highest BCUT2D eigenvalue weighted by Gasteiger charge is 2.17. The van der Waals surface area contributed by atoms with Gasteiger partial charge in [-0.25, -0.2) is 4.79 Å². The number of methoxy groups -OCH3 is 1. The van der Waals surface area contributed by atoms with Gasteiger partial charge in [-0.05, 0) is 39.8 Å². The summed E-state index contributed by atoms with van der Waals surface area (Å²) in [6.45, 7) is 8.55. The fourth-order valence-corrected chi connectivity index (χ4v) is 2.11. The van der Waals surface area contributed by atoms with Gasteiger partial charge in [0.1, 0.15) is 11.4 Å². The number of hydrogen-bond acceptors (Lipinski definition) is 4. The maximum absolute atomic E-state index is 11.7. The van der Waals surface area contributed by atoms with Crippen LogP contribution in [0.1, 0.15) is 33.3 Å². The van der Waals surface area contributed by atoms with Crippen molar-refractivity contribution in [2.75, 3.05) is 13.7 Å². The monoisotopic (exact) mass is 328 g/mol. The Labute approximate surface area is 137 Å². The number of carbonyl (C=O) groups is 1. The third kappa shape index (κ3) is 6.54. The van der Waals surface area contributed by atoms with Gasteiger partial charge < -0.3 is 20.1 Å². The van der Waals surface area contributed by atoms with Crippen LogP contribution < -0.4 is 15.4 Å². The van der Waals surface area contributed by atoms with Gasteiger partial charge in [-0.2, -0.15) is 0 Å². The van der Waals surface area contributed by atoms with Gasteiger partial charge in [0.05, 0.1) is 7.11 Å². The van der Waals surface area contributed by atoms with E-state index < -0.39 is 11.7 Å². The molecule has 0 aromatic heterocycles. The van der Waals surface area contributed by atoms with E-state index in [1.54, 1.807) is 7.11 Å². The van der Waals surface area contributed by atoms with Crippen molar-refractivity contribution in [1.29, 1.82) is 0 Å². The largest absolute Gasteiger partial charge is 0.496 e. The van der Waals surface area contributed by atoms with Crippen molar-refractivity contribution in [3.05, 3.63) is 28.8 Å². The second-order valence-electron chi connectivity index (χ2n) is 6.10. The van der Waals surface area contributed by atoms with Crippen LogP contribution in [-0.4, -0.2) is 31.4 Å². The summed E-state index contributed by atoms with van der Waals surface area (Å²) in [7, 11) is 1.61. The molecule has 1 aromatic rings. The number of ether oxygens (including phenoxy) is 2. The normalized spacial score (nSPS) is 12.6. The van der Waals surface area contributed by atoms with Gasteiger partial charge in [0.25, 0.3) is 0 Å². The van der Waals surface area contributed by atoms with Crippen LogP contribution in [0.15, 0.2) is 18.2 Å². The summed E-state index contributed by atoms with van der Waals surface area (Å²) in [6, 6.07) is 5.47. The van der Waals surface area contributed by atoms with E-state index in [-0.39, 0.29) is 6.04 Å². The Morgan fingerprint density at radius 3 is 2.64 bits per heavy atom. The molecule has 1 unspecified atom stereocenters. The van der Waals surface area contributed by atoms with E-state index in [4.69, 9.17) is 21.1 Å². The van der Waals surface area contributed by atoms with Crippen molar-refractivity contribution in [3.63, 3.8) is 0 Å². The van der Waals surface area contributed by atoms with Crippen LogP contribution in [0.2, 0.25) is 5.02 Å². The molecule has 0 aliphatic carbocycles. The minimum absolute atomic E-state index is 0.0664. The van der Waals surface area contributed by atoms with E-state index in [1.165, 1.54) is 0 Å². The zero-order chi connectivity index (χ0) is 16.8. The molecule has 1 rings (SSSR count). The number of amides is 1. The number of nitrogens with one attached hydrogen (secondary N) is 2. The fourth-order valence-electron chi connectivity index (χ4n) is 1.88. The first-order valence-electron chi connectivity index (χ1n) is 7.24. The minimum atomic E-state index is -0.498. The third-order valence-corrected chi connectivity index (χ3v) is 3.17. The van der Waals surface area contributed by atoms with Crippen molar-refractivity contribution < 1.29 is 14.3 Å². The predicted octanol–water partition coefficient (Wildman–Crippen LogP) is 3.35. The molecule has 124 valence electrons. The van der Waals surface area contributed by atoms with E-state index in [9.17, 15) is 4.79 Å². The first-order chi connectivity index (χ1) is 10.2. The van der Waals surface area contributed by atoms with Gasteiger partial charge >= 0.3 is 6.09 Å². The van der Waals surface area contributed by atoms with Crippen molar-refractivity contribution in [3.8, 4) is 5.75 Å². The zero-order valence-electron chi connectivity index (χ0n) is 13.8. The van der Waals surface area contributed by atoms with Gasteiger partial charge in [0.15, 0.2) is 0 Å². The Morgan fingerprint density at radius 1 is 1.36 bits per heavy atom. The average molecular weight is 329 g/mol. The SMILES string of the molecule is COc1cccc(Cl)c1CNCC(C)NC(=O)OC(C)(C)C. The molecule has 0 heterocycles. The molecule has 22 heavy (non-hydrogen) atoms. The van der Waals surface area contributed by atoms with Gasteiger partial charge in [0.2, 0.25) is 0 Å². The molecule has 0 bridgehead atoms. The maximum Gasteiger partial charge on any atom is 0.407 e. The van der Waals surface area contributed by atoms with Gasteiger partial charge in [-0.3, -0.25) is 0 Å². The molecule has 0 aliphatic heterocycles. The third-order valence-electron chi connectivity index (χ3n) is 2.81. The minimum Gasteiger partial charge on any atom is -0.496 e. The lowest BCUT2D eigenvalue weighted by molar-refractivity contribution is 0.0508. The van der Waals surface area contributed by atoms with Gasteiger partial charge in [-0.15, -0.1) is 0 Å². The summed E-state index contributed by atoms with van der Waals surface area (Å²) in [5.74, 6) is 0.743. The molecule has 0 saturated heterocycles. The molecule has 0 radical (unpaired) electrons. The lowest BCUT2D eigenvalue weighted by atomic mass is 10.2. The summed E-state index contributed by atoms with van der Waals surface area (Å²) in [5.41, 5.74) is 0.401. The fraction of sp³-hybridized carbons (Fsp3) is 0.562. The van der Waals surface area contributed by atoms with E-state index in [0.717, 1.165) is 11.3 Å². The summed E-state index contributed by atoms with van der Waals surface area (Å²) < 4.78 is 10.5. The Bertz CT molecular complexity index is 501. The van der Waals surface area contributed by atoms with Crippen LogP contribution in [0.25, 0.3) is 0 Å². The van der Waals surface area contributed by atoms with Crippen LogP contribution in [0, 0.1) is 0 Å². The highest BCUT2D eigenvalue weighted by molar-refractivity contribution is 6.31. The number of halogens is 1. The van der Waals surface area contributed by atoms with Crippen LogP contribution in [0.4, 0.5) is 4.79 Å². The molecule has 0 aliphatic rings. The van der Waals surface area contributed by atoms with Crippen LogP contribution >= 0.6 is 11.6 Å². The van der Waals surface area contributed by atoms with Crippen LogP contribution in [0.3, 0.4) is 0 Å². The Balaban J connectivity index is 2.43. The van der Waals surface area contributed by atoms with Crippen LogP contribution in [-0.2, 0) is 11.3 Å². The quantitative estimate of drug-likeness (QED) is 0.840. The van der Waals surface area contributed by atoms with Gasteiger partial charge in [0, 0.05) is 29.7 Å². The predicted molar refractivity (Wildman–Crippen MR) is 88.5 cm³/mol. The molecule has 6 heteroatoms. The first kappa shape index (κ1) is 18.6. The molecule has 1 amide bonds. The van der Waals surface area contributed by atoms with E-state index in [0.29, 0.717) is 18.1 Å². The maximum atomic E-state index is 11.7. The van der Waals surface area contributed by atoms with Crippen molar-refractivity contribution in [2.45, 2.75) is 45.9 Å². The smallest absolute Gasteiger partial charge is 0.407 e. The number of rotatable bonds is 6. The Morgan fingerprint density at radius 2 is 2.05 bits per heavy atom. The number of alkyl carbamates (subject to hydrolysis) is 1. The number of hydrogen-bond donors (Lipinski definition) is 2.